The van der Waals surface area contributed by atoms with Gasteiger partial charge in [-0.1, -0.05) is 23.8 Å². The minimum Gasteiger partial charge on any atom is -0.366 e. The van der Waals surface area contributed by atoms with Crippen molar-refractivity contribution in [2.24, 2.45) is 0 Å². The molecule has 2 aliphatic heterocycles. The van der Waals surface area contributed by atoms with Gasteiger partial charge in [0.25, 0.3) is 0 Å². The predicted molar refractivity (Wildman–Crippen MR) is 115 cm³/mol. The molecular weight excluding hydrogens is 381 g/mol. The maximum Gasteiger partial charge on any atom is 0.327 e. The van der Waals surface area contributed by atoms with Crippen LogP contribution in [0, 0.1) is 12.7 Å². The van der Waals surface area contributed by atoms with Crippen LogP contribution in [-0.4, -0.2) is 35.1 Å². The van der Waals surface area contributed by atoms with Gasteiger partial charge in [-0.25, -0.2) is 14.2 Å². The molecule has 3 aromatic rings. The zero-order chi connectivity index (χ0) is 20.7. The Morgan fingerprint density at radius 3 is 2.93 bits per heavy atom. The molecule has 0 unspecified atom stereocenters. The molecule has 5 rings (SSSR count). The number of benzene rings is 1. The monoisotopic (exact) mass is 403 g/mol. The summed E-state index contributed by atoms with van der Waals surface area (Å²) in [6.07, 6.45) is 4.46. The number of hydrogen-bond acceptors (Lipinski definition) is 4. The van der Waals surface area contributed by atoms with Gasteiger partial charge in [0.05, 0.1) is 35.5 Å². The van der Waals surface area contributed by atoms with Gasteiger partial charge < -0.3 is 10.2 Å². The van der Waals surface area contributed by atoms with Gasteiger partial charge in [0.15, 0.2) is 5.82 Å². The highest BCUT2D eigenvalue weighted by Crippen LogP contribution is 2.39. The quantitative estimate of drug-likeness (QED) is 0.679. The number of carbonyl (C=O) groups is 1. The van der Waals surface area contributed by atoms with E-state index >= 15 is 0 Å². The van der Waals surface area contributed by atoms with Gasteiger partial charge >= 0.3 is 6.03 Å². The Bertz CT molecular complexity index is 1120. The predicted octanol–water partition coefficient (Wildman–Crippen LogP) is 4.61. The van der Waals surface area contributed by atoms with Gasteiger partial charge in [-0.2, -0.15) is 0 Å². The van der Waals surface area contributed by atoms with Crippen LogP contribution in [0.1, 0.15) is 18.4 Å². The molecule has 1 atom stereocenters. The van der Waals surface area contributed by atoms with Gasteiger partial charge in [0.1, 0.15) is 5.82 Å². The fourth-order valence-electron chi connectivity index (χ4n) is 4.31. The number of hydrogen-bond donors (Lipinski definition) is 1. The van der Waals surface area contributed by atoms with Gasteiger partial charge in [0.2, 0.25) is 0 Å². The van der Waals surface area contributed by atoms with Gasteiger partial charge in [-0.3, -0.25) is 9.88 Å². The molecule has 0 aliphatic carbocycles. The van der Waals surface area contributed by atoms with Gasteiger partial charge in [0, 0.05) is 24.7 Å². The maximum absolute atomic E-state index is 13.5. The fourth-order valence-corrected chi connectivity index (χ4v) is 4.31. The molecule has 0 spiro atoms. The van der Waals surface area contributed by atoms with E-state index in [2.05, 4.69) is 21.3 Å². The topological polar surface area (TPSA) is 61.4 Å². The summed E-state index contributed by atoms with van der Waals surface area (Å²) in [4.78, 5) is 26.0. The normalized spacial score (nSPS) is 17.5. The summed E-state index contributed by atoms with van der Waals surface area (Å²) in [5.74, 6) is 0.155. The Hall–Kier alpha value is -3.48. The van der Waals surface area contributed by atoms with E-state index in [9.17, 15) is 9.18 Å². The molecule has 2 aromatic heterocycles. The number of piperidine rings is 1. The third-order valence-corrected chi connectivity index (χ3v) is 5.67. The number of halogens is 1. The second-order valence-electron chi connectivity index (χ2n) is 7.84. The van der Waals surface area contributed by atoms with Crippen LogP contribution in [0.2, 0.25) is 0 Å². The number of nitrogens with one attached hydrogen (secondary N) is 1. The van der Waals surface area contributed by atoms with Crippen molar-refractivity contribution in [3.05, 3.63) is 66.2 Å². The lowest BCUT2D eigenvalue weighted by Crippen LogP contribution is -2.56. The summed E-state index contributed by atoms with van der Waals surface area (Å²) in [5.41, 5.74) is 4.27. The first-order valence-electron chi connectivity index (χ1n) is 10.1. The lowest BCUT2D eigenvalue weighted by molar-refractivity contribution is 0.252. The number of urea groups is 1. The van der Waals surface area contributed by atoms with Crippen molar-refractivity contribution in [1.82, 2.24) is 9.97 Å². The van der Waals surface area contributed by atoms with Crippen LogP contribution in [0.3, 0.4) is 0 Å². The molecule has 2 aliphatic rings. The van der Waals surface area contributed by atoms with E-state index in [0.29, 0.717) is 11.5 Å². The first-order valence-corrected chi connectivity index (χ1v) is 10.1. The average Bonchev–Trinajstić information content (AvgIpc) is 2.74. The zero-order valence-corrected chi connectivity index (χ0v) is 16.7. The number of aryl methyl sites for hydroxylation is 1. The lowest BCUT2D eigenvalue weighted by Gasteiger charge is -2.45. The molecule has 6 nitrogen and oxygen atoms in total. The fraction of sp³-hybridized carbons (Fsp3) is 0.261. The van der Waals surface area contributed by atoms with Crippen molar-refractivity contribution >= 4 is 23.2 Å². The van der Waals surface area contributed by atoms with E-state index in [-0.39, 0.29) is 12.1 Å². The first-order chi connectivity index (χ1) is 14.6. The third kappa shape index (κ3) is 3.36. The van der Waals surface area contributed by atoms with Crippen LogP contribution in [0.25, 0.3) is 11.3 Å². The van der Waals surface area contributed by atoms with Crippen molar-refractivity contribution in [1.29, 1.82) is 0 Å². The SMILES string of the molecule is Cc1cccc(-c2ccc3c(n2)N(C(=O)Nc2cncc(F)c2)[C@@H]2CCCN3C2)c1. The summed E-state index contributed by atoms with van der Waals surface area (Å²) in [5, 5.41) is 2.79. The highest BCUT2D eigenvalue weighted by Gasteiger charge is 2.38. The van der Waals surface area contributed by atoms with Crippen molar-refractivity contribution in [2.45, 2.75) is 25.8 Å². The Kier molecular flexibility index (Phi) is 4.58. The number of aromatic nitrogens is 2. The van der Waals surface area contributed by atoms with Crippen molar-refractivity contribution in [3.8, 4) is 11.3 Å². The van der Waals surface area contributed by atoms with Crippen LogP contribution < -0.4 is 15.1 Å². The minimum atomic E-state index is -0.490. The molecule has 2 bridgehead atoms. The van der Waals surface area contributed by atoms with E-state index in [4.69, 9.17) is 4.98 Å². The summed E-state index contributed by atoms with van der Waals surface area (Å²) in [6, 6.07) is 13.2. The maximum atomic E-state index is 13.5. The second-order valence-corrected chi connectivity index (χ2v) is 7.84. The summed E-state index contributed by atoms with van der Waals surface area (Å²) >= 11 is 0. The van der Waals surface area contributed by atoms with Crippen LogP contribution in [-0.2, 0) is 0 Å². The molecule has 1 N–H and O–H groups in total. The average molecular weight is 403 g/mol. The Morgan fingerprint density at radius 1 is 1.20 bits per heavy atom. The number of rotatable bonds is 2. The van der Waals surface area contributed by atoms with Gasteiger partial charge in [-0.05, 0) is 38.0 Å². The molecule has 2 amide bonds. The Balaban J connectivity index is 1.55. The molecular formula is C23H22FN5O. The number of amides is 2. The van der Waals surface area contributed by atoms with Crippen molar-refractivity contribution < 1.29 is 9.18 Å². The Morgan fingerprint density at radius 2 is 2.10 bits per heavy atom. The molecule has 7 heteroatoms. The van der Waals surface area contributed by atoms with E-state index in [1.54, 1.807) is 4.90 Å². The van der Waals surface area contributed by atoms with E-state index in [0.717, 1.165) is 54.6 Å². The molecule has 0 radical (unpaired) electrons. The summed E-state index contributed by atoms with van der Waals surface area (Å²) < 4.78 is 13.5. The highest BCUT2D eigenvalue weighted by molar-refractivity contribution is 6.04. The van der Waals surface area contributed by atoms with Crippen LogP contribution in [0.4, 0.5) is 26.4 Å². The van der Waals surface area contributed by atoms with Crippen LogP contribution in [0.5, 0.6) is 0 Å². The Labute approximate surface area is 174 Å². The molecule has 152 valence electrons. The third-order valence-electron chi connectivity index (χ3n) is 5.67. The molecule has 1 saturated heterocycles. The minimum absolute atomic E-state index is 0.0213. The molecule has 1 aromatic carbocycles. The van der Waals surface area contributed by atoms with Crippen LogP contribution in [0.15, 0.2) is 54.9 Å². The largest absolute Gasteiger partial charge is 0.366 e. The molecule has 4 heterocycles. The smallest absolute Gasteiger partial charge is 0.327 e. The first kappa shape index (κ1) is 18.5. The van der Waals surface area contributed by atoms with E-state index < -0.39 is 5.82 Å². The number of anilines is 3. The highest BCUT2D eigenvalue weighted by atomic mass is 19.1. The molecule has 0 saturated carbocycles. The molecule has 1 fully saturated rings. The van der Waals surface area contributed by atoms with Crippen LogP contribution >= 0.6 is 0 Å². The van der Waals surface area contributed by atoms with Gasteiger partial charge in [-0.15, -0.1) is 0 Å². The second kappa shape index (κ2) is 7.40. The number of pyridine rings is 2. The summed E-state index contributed by atoms with van der Waals surface area (Å²) in [6.45, 7) is 3.77. The number of carbonyl (C=O) groups excluding carboxylic acids is 1. The van der Waals surface area contributed by atoms with Crippen molar-refractivity contribution in [2.75, 3.05) is 28.2 Å². The standard InChI is InChI=1S/C23H22FN5O/c1-15-4-2-5-16(10-15)20-7-8-21-22(27-20)29(19-6-3-9-28(21)14-19)23(30)26-18-11-17(24)12-25-13-18/h2,4-5,7-8,10-13,19H,3,6,9,14H2,1H3,(H,26,30)/t19-/m1/s1. The van der Waals surface area contributed by atoms with E-state index in [1.807, 2.05) is 37.3 Å². The zero-order valence-electron chi connectivity index (χ0n) is 16.7. The van der Waals surface area contributed by atoms with Crippen molar-refractivity contribution in [3.63, 3.8) is 0 Å². The molecule has 30 heavy (non-hydrogen) atoms. The van der Waals surface area contributed by atoms with E-state index in [1.165, 1.54) is 12.3 Å². The lowest BCUT2D eigenvalue weighted by atomic mass is 9.99. The number of fused-ring (bicyclic) bond motifs is 4. The summed E-state index contributed by atoms with van der Waals surface area (Å²) in [7, 11) is 0. The number of nitrogens with zero attached hydrogens (tertiary/aromatic N) is 4.